The molecule has 0 fully saturated rings. The molecule has 16 heavy (non-hydrogen) atoms. The maximum atomic E-state index is 7.96. The van der Waals surface area contributed by atoms with Gasteiger partial charge in [0.2, 0.25) is 0 Å². The Morgan fingerprint density at radius 2 is 1.94 bits per heavy atom. The van der Waals surface area contributed by atoms with E-state index in [2.05, 4.69) is 4.98 Å². The summed E-state index contributed by atoms with van der Waals surface area (Å²) in [5, 5.41) is 15.8. The van der Waals surface area contributed by atoms with Gasteiger partial charge in [-0.1, -0.05) is 41.9 Å². The van der Waals surface area contributed by atoms with Crippen LogP contribution in [0.3, 0.4) is 0 Å². The number of nitrogens with one attached hydrogen (secondary N) is 2. The minimum Gasteiger partial charge on any atom is -0.284 e. The van der Waals surface area contributed by atoms with Crippen LogP contribution in [-0.2, 0) is 0 Å². The van der Waals surface area contributed by atoms with E-state index in [1.165, 1.54) is 10.8 Å². The lowest BCUT2D eigenvalue weighted by Gasteiger charge is -2.08. The molecular formula is C11H9ClN4. The molecule has 0 saturated carbocycles. The van der Waals surface area contributed by atoms with Gasteiger partial charge in [0.15, 0.2) is 10.6 Å². The Hall–Kier alpha value is -1.94. The highest BCUT2D eigenvalue weighted by molar-refractivity contribution is 6.29. The van der Waals surface area contributed by atoms with Gasteiger partial charge in [0.1, 0.15) is 5.84 Å². The van der Waals surface area contributed by atoms with Crippen LogP contribution in [0.15, 0.2) is 42.7 Å². The quantitative estimate of drug-likeness (QED) is 0.572. The van der Waals surface area contributed by atoms with Gasteiger partial charge in [-0.25, -0.2) is 4.98 Å². The number of hydrogen-bond donors (Lipinski definition) is 2. The summed E-state index contributed by atoms with van der Waals surface area (Å²) in [6, 6.07) is 9.18. The van der Waals surface area contributed by atoms with Crippen LogP contribution in [0.2, 0.25) is 5.15 Å². The lowest BCUT2D eigenvalue weighted by atomic mass is 10.2. The van der Waals surface area contributed by atoms with Crippen LogP contribution < -0.4 is 5.49 Å². The van der Waals surface area contributed by atoms with Gasteiger partial charge < -0.3 is 0 Å². The van der Waals surface area contributed by atoms with Gasteiger partial charge in [-0.3, -0.25) is 15.4 Å². The van der Waals surface area contributed by atoms with E-state index in [0.29, 0.717) is 0 Å². The van der Waals surface area contributed by atoms with Crippen molar-refractivity contribution in [3.8, 4) is 0 Å². The molecule has 2 aromatic rings. The summed E-state index contributed by atoms with van der Waals surface area (Å²) in [4.78, 5) is 3.78. The van der Waals surface area contributed by atoms with Crippen molar-refractivity contribution in [2.75, 3.05) is 0 Å². The molecule has 1 aromatic carbocycles. The zero-order chi connectivity index (χ0) is 11.5. The van der Waals surface area contributed by atoms with Crippen molar-refractivity contribution < 1.29 is 0 Å². The maximum absolute atomic E-state index is 7.96. The van der Waals surface area contributed by atoms with Gasteiger partial charge >= 0.3 is 0 Å². The minimum atomic E-state index is 0.0121. The van der Waals surface area contributed by atoms with Crippen LogP contribution in [0, 0.1) is 10.8 Å². The molecule has 0 aliphatic rings. The van der Waals surface area contributed by atoms with Crippen LogP contribution in [0.4, 0.5) is 0 Å². The van der Waals surface area contributed by atoms with Gasteiger partial charge in [-0.2, -0.15) is 0 Å². The summed E-state index contributed by atoms with van der Waals surface area (Å²) in [6.45, 7) is 0. The second kappa shape index (κ2) is 4.28. The highest BCUT2D eigenvalue weighted by Gasteiger charge is 2.05. The van der Waals surface area contributed by atoms with Gasteiger partial charge in [0.05, 0.1) is 0 Å². The summed E-state index contributed by atoms with van der Waals surface area (Å²) in [5.74, 6) is 0.204. The summed E-state index contributed by atoms with van der Waals surface area (Å²) in [5.41, 5.74) is 0.737. The number of aromatic nitrogens is 2. The predicted octanol–water partition coefficient (Wildman–Crippen LogP) is 1.89. The zero-order valence-electron chi connectivity index (χ0n) is 8.31. The van der Waals surface area contributed by atoms with Crippen molar-refractivity contribution in [3.05, 3.63) is 58.9 Å². The van der Waals surface area contributed by atoms with E-state index < -0.39 is 0 Å². The zero-order valence-corrected chi connectivity index (χ0v) is 9.07. The highest BCUT2D eigenvalue weighted by Crippen LogP contribution is 2.01. The Balaban J connectivity index is 2.51. The van der Waals surface area contributed by atoms with E-state index in [1.807, 2.05) is 30.3 Å². The fraction of sp³-hybridized carbons (Fsp3) is 0. The number of nitrogens with zero attached hydrogens (tertiary/aromatic N) is 2. The summed E-state index contributed by atoms with van der Waals surface area (Å²) < 4.78 is 1.38. The minimum absolute atomic E-state index is 0.0121. The van der Waals surface area contributed by atoms with Crippen LogP contribution in [0.25, 0.3) is 0 Å². The standard InChI is InChI=1S/C11H9ClN4/c12-9-11(14)16(7-6-15-9)10(13)8-4-2-1-3-5-8/h1-7,13-14H. The van der Waals surface area contributed by atoms with Crippen LogP contribution in [0.5, 0.6) is 0 Å². The third kappa shape index (κ3) is 1.87. The van der Waals surface area contributed by atoms with Crippen molar-refractivity contribution in [1.29, 1.82) is 10.8 Å². The van der Waals surface area contributed by atoms with E-state index in [9.17, 15) is 0 Å². The first-order chi connectivity index (χ1) is 7.70. The van der Waals surface area contributed by atoms with E-state index in [0.717, 1.165) is 5.56 Å². The molecule has 2 N–H and O–H groups in total. The Kier molecular flexibility index (Phi) is 2.83. The van der Waals surface area contributed by atoms with Crippen LogP contribution in [0.1, 0.15) is 5.56 Å². The average Bonchev–Trinajstić information content (AvgIpc) is 2.33. The van der Waals surface area contributed by atoms with Crippen molar-refractivity contribution in [1.82, 2.24) is 9.55 Å². The van der Waals surface area contributed by atoms with Gasteiger partial charge in [-0.15, -0.1) is 0 Å². The largest absolute Gasteiger partial charge is 0.284 e. The molecule has 0 atom stereocenters. The van der Waals surface area contributed by atoms with Crippen LogP contribution >= 0.6 is 11.6 Å². The Morgan fingerprint density at radius 1 is 1.25 bits per heavy atom. The van der Waals surface area contributed by atoms with Crippen molar-refractivity contribution in [2.45, 2.75) is 0 Å². The Morgan fingerprint density at radius 3 is 2.62 bits per heavy atom. The molecule has 1 aromatic heterocycles. The molecule has 0 unspecified atom stereocenters. The van der Waals surface area contributed by atoms with Gasteiger partial charge in [0.25, 0.3) is 0 Å². The molecule has 0 amide bonds. The molecular weight excluding hydrogens is 224 g/mol. The van der Waals surface area contributed by atoms with E-state index in [-0.39, 0.29) is 16.5 Å². The Labute approximate surface area is 97.2 Å². The summed E-state index contributed by atoms with van der Waals surface area (Å²) in [6.07, 6.45) is 3.02. The van der Waals surface area contributed by atoms with E-state index >= 15 is 0 Å². The molecule has 2 rings (SSSR count). The molecule has 0 spiro atoms. The lowest BCUT2D eigenvalue weighted by Crippen LogP contribution is -2.27. The number of halogens is 1. The average molecular weight is 233 g/mol. The molecule has 0 aliphatic carbocycles. The van der Waals surface area contributed by atoms with Gasteiger partial charge in [-0.05, 0) is 0 Å². The third-order valence-electron chi connectivity index (χ3n) is 2.13. The summed E-state index contributed by atoms with van der Waals surface area (Å²) in [7, 11) is 0. The van der Waals surface area contributed by atoms with Gasteiger partial charge in [0, 0.05) is 18.0 Å². The van der Waals surface area contributed by atoms with Crippen LogP contribution in [-0.4, -0.2) is 15.4 Å². The normalized spacial score (nSPS) is 10.1. The van der Waals surface area contributed by atoms with Crippen molar-refractivity contribution >= 4 is 17.4 Å². The SMILES string of the molecule is N=C(c1ccccc1)n1ccnc(Cl)c1=N. The first-order valence-corrected chi connectivity index (χ1v) is 5.00. The molecule has 0 radical (unpaired) electrons. The topological polar surface area (TPSA) is 65.5 Å². The Bertz CT molecular complexity index is 574. The number of benzene rings is 1. The monoisotopic (exact) mass is 232 g/mol. The summed E-state index contributed by atoms with van der Waals surface area (Å²) >= 11 is 5.73. The van der Waals surface area contributed by atoms with E-state index in [4.69, 9.17) is 22.4 Å². The smallest absolute Gasteiger partial charge is 0.171 e. The first-order valence-electron chi connectivity index (χ1n) is 4.62. The van der Waals surface area contributed by atoms with E-state index in [1.54, 1.807) is 6.20 Å². The number of rotatable bonds is 1. The fourth-order valence-electron chi connectivity index (χ4n) is 1.32. The molecule has 1 heterocycles. The molecule has 0 bridgehead atoms. The lowest BCUT2D eigenvalue weighted by molar-refractivity contribution is 0.932. The second-order valence-corrected chi connectivity index (χ2v) is 3.51. The molecule has 4 nitrogen and oxygen atoms in total. The molecule has 80 valence electrons. The molecule has 0 aliphatic heterocycles. The fourth-order valence-corrected chi connectivity index (χ4v) is 1.47. The van der Waals surface area contributed by atoms with Crippen molar-refractivity contribution in [3.63, 3.8) is 0 Å². The first kappa shape index (κ1) is 10.6. The van der Waals surface area contributed by atoms with Crippen molar-refractivity contribution in [2.24, 2.45) is 0 Å². The molecule has 5 heteroatoms. The maximum Gasteiger partial charge on any atom is 0.171 e. The third-order valence-corrected chi connectivity index (χ3v) is 2.40. The highest BCUT2D eigenvalue weighted by atomic mass is 35.5. The molecule has 0 saturated heterocycles. The predicted molar refractivity (Wildman–Crippen MR) is 61.8 cm³/mol. The number of hydrogen-bond acceptors (Lipinski definition) is 3. The second-order valence-electron chi connectivity index (χ2n) is 3.15.